The lowest BCUT2D eigenvalue weighted by Gasteiger charge is -2.44. The Bertz CT molecular complexity index is 540. The molecule has 2 bridgehead atoms. The van der Waals surface area contributed by atoms with Gasteiger partial charge in [0.05, 0.1) is 30.0 Å². The van der Waals surface area contributed by atoms with E-state index in [0.717, 1.165) is 44.9 Å². The van der Waals surface area contributed by atoms with E-state index in [1.165, 1.54) is 19.3 Å². The summed E-state index contributed by atoms with van der Waals surface area (Å²) in [7, 11) is 0. The predicted octanol–water partition coefficient (Wildman–Crippen LogP) is 3.22. The Labute approximate surface area is 143 Å². The molecule has 0 aromatic rings. The molecule has 3 heterocycles. The minimum absolute atomic E-state index is 0.0876. The molecule has 6 atom stereocenters. The second-order valence-electron chi connectivity index (χ2n) is 8.33. The van der Waals surface area contributed by atoms with Gasteiger partial charge >= 0.3 is 0 Å². The maximum Gasteiger partial charge on any atom is 0.217 e. The van der Waals surface area contributed by atoms with Crippen molar-refractivity contribution in [1.82, 2.24) is 0 Å². The van der Waals surface area contributed by atoms with Crippen LogP contribution in [0.5, 0.6) is 0 Å². The lowest BCUT2D eigenvalue weighted by atomic mass is 9.76. The molecule has 3 saturated heterocycles. The van der Waals surface area contributed by atoms with Crippen molar-refractivity contribution in [3.63, 3.8) is 0 Å². The van der Waals surface area contributed by atoms with Gasteiger partial charge in [0.25, 0.3) is 0 Å². The van der Waals surface area contributed by atoms with E-state index in [0.29, 0.717) is 6.54 Å². The van der Waals surface area contributed by atoms with Crippen molar-refractivity contribution in [3.05, 3.63) is 11.4 Å². The summed E-state index contributed by atoms with van der Waals surface area (Å²) in [6.45, 7) is 7.58. The van der Waals surface area contributed by atoms with Crippen molar-refractivity contribution < 1.29 is 18.9 Å². The smallest absolute Gasteiger partial charge is 0.217 e. The van der Waals surface area contributed by atoms with Crippen LogP contribution in [0.1, 0.15) is 64.2 Å². The molecule has 0 amide bonds. The number of ether oxygens (including phenoxy) is 4. The number of rotatable bonds is 2. The lowest BCUT2D eigenvalue weighted by Crippen LogP contribution is -2.53. The molecule has 0 aromatic heterocycles. The molecule has 5 nitrogen and oxygen atoms in total. The van der Waals surface area contributed by atoms with Crippen LogP contribution in [0.2, 0.25) is 0 Å². The van der Waals surface area contributed by atoms with Crippen LogP contribution in [0.3, 0.4) is 0 Å². The number of fused-ring (bicyclic) bond motifs is 3. The van der Waals surface area contributed by atoms with Gasteiger partial charge in [-0.05, 0) is 25.7 Å². The van der Waals surface area contributed by atoms with Crippen LogP contribution < -0.4 is 0 Å². The van der Waals surface area contributed by atoms with Crippen LogP contribution in [0.25, 0.3) is 4.85 Å². The zero-order valence-corrected chi connectivity index (χ0v) is 14.2. The quantitative estimate of drug-likeness (QED) is 0.728. The highest BCUT2D eigenvalue weighted by Gasteiger charge is 2.65. The first-order chi connectivity index (χ1) is 11.7. The van der Waals surface area contributed by atoms with Crippen LogP contribution in [-0.2, 0) is 18.9 Å². The molecule has 0 radical (unpaired) electrons. The Morgan fingerprint density at radius 2 is 1.79 bits per heavy atom. The molecule has 2 saturated carbocycles. The fourth-order valence-corrected chi connectivity index (χ4v) is 5.74. The van der Waals surface area contributed by atoms with Crippen molar-refractivity contribution in [2.45, 2.75) is 106 Å². The largest absolute Gasteiger partial charge is 0.369 e. The highest BCUT2D eigenvalue weighted by Crippen LogP contribution is 2.55. The summed E-state index contributed by atoms with van der Waals surface area (Å²) in [6.07, 6.45) is 11.2. The topological polar surface area (TPSA) is 41.3 Å². The predicted molar refractivity (Wildman–Crippen MR) is 86.4 cm³/mol. The van der Waals surface area contributed by atoms with E-state index >= 15 is 0 Å². The molecule has 2 spiro atoms. The molecular formula is C19H27NO4. The second-order valence-corrected chi connectivity index (χ2v) is 8.33. The van der Waals surface area contributed by atoms with Gasteiger partial charge in [0.15, 0.2) is 5.79 Å². The first-order valence-corrected chi connectivity index (χ1v) is 9.74. The summed E-state index contributed by atoms with van der Waals surface area (Å²) in [5.41, 5.74) is -0.194. The van der Waals surface area contributed by atoms with Gasteiger partial charge < -0.3 is 23.8 Å². The minimum Gasteiger partial charge on any atom is -0.369 e. The van der Waals surface area contributed by atoms with Crippen LogP contribution in [0, 0.1) is 6.57 Å². The highest BCUT2D eigenvalue weighted by molar-refractivity contribution is 5.12. The third-order valence-electron chi connectivity index (χ3n) is 6.80. The van der Waals surface area contributed by atoms with Crippen LogP contribution in [0.15, 0.2) is 0 Å². The van der Waals surface area contributed by atoms with Crippen molar-refractivity contribution in [2.75, 3.05) is 6.54 Å². The molecule has 3 aliphatic heterocycles. The normalized spacial score (nSPS) is 48.7. The fraction of sp³-hybridized carbons (Fsp3) is 0.947. The van der Waals surface area contributed by atoms with Crippen molar-refractivity contribution >= 4 is 0 Å². The van der Waals surface area contributed by atoms with Gasteiger partial charge in [-0.1, -0.05) is 6.42 Å². The Kier molecular flexibility index (Phi) is 3.68. The van der Waals surface area contributed by atoms with Gasteiger partial charge in [0.1, 0.15) is 6.10 Å². The van der Waals surface area contributed by atoms with E-state index in [1.807, 2.05) is 0 Å². The number of hydrogen-bond donors (Lipinski definition) is 0. The maximum atomic E-state index is 7.02. The Balaban J connectivity index is 1.33. The summed E-state index contributed by atoms with van der Waals surface area (Å²) in [5.74, 6) is -0.342. The summed E-state index contributed by atoms with van der Waals surface area (Å²) in [4.78, 5) is 3.50. The molecule has 0 N–H and O–H groups in total. The zero-order valence-electron chi connectivity index (χ0n) is 14.2. The van der Waals surface area contributed by atoms with Crippen molar-refractivity contribution in [2.24, 2.45) is 0 Å². The highest BCUT2D eigenvalue weighted by atomic mass is 16.8. The van der Waals surface area contributed by atoms with Gasteiger partial charge in [-0.15, -0.1) is 0 Å². The summed E-state index contributed by atoms with van der Waals surface area (Å²) < 4.78 is 25.9. The lowest BCUT2D eigenvalue weighted by molar-refractivity contribution is -0.215. The Morgan fingerprint density at radius 1 is 0.958 bits per heavy atom. The number of hydrogen-bond acceptors (Lipinski definition) is 4. The van der Waals surface area contributed by atoms with Crippen LogP contribution >= 0.6 is 0 Å². The van der Waals surface area contributed by atoms with Crippen molar-refractivity contribution in [1.29, 1.82) is 0 Å². The monoisotopic (exact) mass is 333 g/mol. The SMILES string of the molecule is [C-]#[N+]CCC1CC[C@@H]2O[C@@H]3C[C@]2(C[C@H]2OC4(CCCCC4)OC32)O1. The van der Waals surface area contributed by atoms with Crippen LogP contribution in [0.4, 0.5) is 0 Å². The molecule has 0 aromatic carbocycles. The van der Waals surface area contributed by atoms with Gasteiger partial charge in [0, 0.05) is 32.1 Å². The van der Waals surface area contributed by atoms with E-state index in [9.17, 15) is 0 Å². The minimum atomic E-state index is -0.342. The molecule has 24 heavy (non-hydrogen) atoms. The summed E-state index contributed by atoms with van der Waals surface area (Å²) in [6, 6.07) is 0. The summed E-state index contributed by atoms with van der Waals surface area (Å²) in [5, 5.41) is 0. The van der Waals surface area contributed by atoms with Crippen LogP contribution in [-0.4, -0.2) is 48.5 Å². The molecule has 5 heteroatoms. The average molecular weight is 333 g/mol. The zero-order chi connectivity index (χ0) is 16.2. The second kappa shape index (κ2) is 5.67. The fourth-order valence-electron chi connectivity index (χ4n) is 5.74. The molecule has 5 aliphatic rings. The van der Waals surface area contributed by atoms with Gasteiger partial charge in [-0.25, -0.2) is 6.57 Å². The third kappa shape index (κ3) is 2.34. The summed E-state index contributed by atoms with van der Waals surface area (Å²) >= 11 is 0. The third-order valence-corrected chi connectivity index (χ3v) is 6.80. The van der Waals surface area contributed by atoms with E-state index in [2.05, 4.69) is 4.85 Å². The molecule has 2 aliphatic carbocycles. The first kappa shape index (κ1) is 15.6. The Hall–Kier alpha value is -0.670. The Morgan fingerprint density at radius 3 is 2.62 bits per heavy atom. The maximum absolute atomic E-state index is 7.02. The molecule has 2 unspecified atom stereocenters. The van der Waals surface area contributed by atoms with Gasteiger partial charge in [0.2, 0.25) is 6.54 Å². The first-order valence-electron chi connectivity index (χ1n) is 9.74. The van der Waals surface area contributed by atoms with E-state index in [1.54, 1.807) is 0 Å². The van der Waals surface area contributed by atoms with Gasteiger partial charge in [-0.3, -0.25) is 0 Å². The standard InChI is InChI=1S/C19H27NO4/c1-20-10-7-13-5-6-16-18(22-13)11-14(21-16)17-15(12-18)23-19(24-17)8-3-2-4-9-19/h13-17H,2-12H2/t13?,14-,15-,16+,17?,18-/m1/s1. The number of nitrogens with zero attached hydrogens (tertiary/aromatic N) is 1. The van der Waals surface area contributed by atoms with Gasteiger partial charge in [-0.2, -0.15) is 0 Å². The molecule has 132 valence electrons. The average Bonchev–Trinajstić information content (AvgIpc) is 3.09. The molecule has 5 rings (SSSR count). The van der Waals surface area contributed by atoms with E-state index in [-0.39, 0.29) is 41.9 Å². The van der Waals surface area contributed by atoms with E-state index in [4.69, 9.17) is 25.5 Å². The van der Waals surface area contributed by atoms with E-state index < -0.39 is 0 Å². The molecular weight excluding hydrogens is 306 g/mol. The van der Waals surface area contributed by atoms with Crippen molar-refractivity contribution in [3.8, 4) is 0 Å². The molecule has 5 fully saturated rings.